The van der Waals surface area contributed by atoms with Crippen LogP contribution in [0, 0.1) is 22.0 Å². The van der Waals surface area contributed by atoms with Crippen LogP contribution in [0.5, 0.6) is 5.75 Å². The number of aliphatic hydroxyl groups is 4. The molecule has 1 aromatic carbocycles. The van der Waals surface area contributed by atoms with E-state index in [1.165, 1.54) is 32.0 Å². The van der Waals surface area contributed by atoms with Gasteiger partial charge in [-0.25, -0.2) is 0 Å². The number of nitrogens with two attached hydrogens (primary N) is 1. The zero-order valence-corrected chi connectivity index (χ0v) is 22.2. The zero-order chi connectivity index (χ0) is 29.7. The van der Waals surface area contributed by atoms with Gasteiger partial charge in [0, 0.05) is 28.7 Å². The number of aliphatic hydroxyl groups excluding tert-OH is 3. The molecule has 6 atom stereocenters. The number of hydrogen-bond acceptors (Lipinski definition) is 11. The van der Waals surface area contributed by atoms with Crippen molar-refractivity contribution in [1.82, 2.24) is 4.90 Å². The number of primary amides is 1. The van der Waals surface area contributed by atoms with Gasteiger partial charge in [-0.3, -0.25) is 29.4 Å². The molecule has 3 aliphatic rings. The zero-order valence-electron chi connectivity index (χ0n) is 22.2. The Balaban J connectivity index is 2.14. The van der Waals surface area contributed by atoms with Gasteiger partial charge >= 0.3 is 0 Å². The first-order chi connectivity index (χ1) is 17.8. The fraction of sp³-hybridized carbons (Fsp3) is 0.500. The Morgan fingerprint density at radius 3 is 2.21 bits per heavy atom. The Bertz CT molecular complexity index is 1420. The van der Waals surface area contributed by atoms with Crippen LogP contribution in [0.4, 0.5) is 5.69 Å². The third kappa shape index (κ3) is 3.53. The molecule has 1 amide bonds. The van der Waals surface area contributed by atoms with E-state index in [1.54, 1.807) is 20.8 Å². The number of Topliss-reactive ketones (excluding diaryl/α,β-unsaturated/α-hetero) is 2. The van der Waals surface area contributed by atoms with Crippen molar-refractivity contribution in [2.45, 2.75) is 56.8 Å². The van der Waals surface area contributed by atoms with Crippen LogP contribution in [0.3, 0.4) is 0 Å². The van der Waals surface area contributed by atoms with Gasteiger partial charge in [0.1, 0.15) is 22.8 Å². The van der Waals surface area contributed by atoms with Crippen molar-refractivity contribution in [3.63, 3.8) is 0 Å². The molecule has 210 valence electrons. The largest absolute Gasteiger partial charge is 0.508 e. The van der Waals surface area contributed by atoms with Crippen molar-refractivity contribution in [3.8, 4) is 5.75 Å². The number of hydrogen-bond donors (Lipinski definition) is 6. The number of amides is 1. The Labute approximate surface area is 223 Å². The normalized spacial score (nSPS) is 30.7. The van der Waals surface area contributed by atoms with Gasteiger partial charge < -0.3 is 31.3 Å². The van der Waals surface area contributed by atoms with Crippen molar-refractivity contribution >= 4 is 28.9 Å². The van der Waals surface area contributed by atoms with Gasteiger partial charge in [-0.15, -0.1) is 0 Å². The molecule has 13 nitrogen and oxygen atoms in total. The first-order valence-corrected chi connectivity index (χ1v) is 12.2. The Morgan fingerprint density at radius 2 is 1.74 bits per heavy atom. The summed E-state index contributed by atoms with van der Waals surface area (Å²) in [6.07, 6.45) is -1.84. The average molecular weight is 546 g/mol. The van der Waals surface area contributed by atoms with Crippen LogP contribution in [0.2, 0.25) is 0 Å². The van der Waals surface area contributed by atoms with E-state index in [1.807, 2.05) is 0 Å². The second kappa shape index (κ2) is 8.60. The van der Waals surface area contributed by atoms with E-state index in [9.17, 15) is 50.0 Å². The van der Waals surface area contributed by atoms with Crippen LogP contribution >= 0.6 is 0 Å². The van der Waals surface area contributed by atoms with Gasteiger partial charge in [0.2, 0.25) is 5.78 Å². The lowest BCUT2D eigenvalue weighted by Gasteiger charge is -2.53. The lowest BCUT2D eigenvalue weighted by atomic mass is 9.54. The highest BCUT2D eigenvalue weighted by atomic mass is 16.6. The summed E-state index contributed by atoms with van der Waals surface area (Å²) in [5.74, 6) is -10.8. The number of rotatable bonds is 3. The molecule has 0 heterocycles. The quantitative estimate of drug-likeness (QED) is 0.176. The minimum atomic E-state index is -3.06. The van der Waals surface area contributed by atoms with Crippen molar-refractivity contribution in [1.29, 1.82) is 0 Å². The molecule has 1 saturated carbocycles. The average Bonchev–Trinajstić information content (AvgIpc) is 2.79. The number of aromatic hydroxyl groups is 1. The summed E-state index contributed by atoms with van der Waals surface area (Å²) in [5, 5.41) is 69.1. The van der Waals surface area contributed by atoms with Gasteiger partial charge in [-0.2, -0.15) is 0 Å². The number of likely N-dealkylation sites (N-methyl/N-ethyl adjacent to an activating group) is 1. The minimum Gasteiger partial charge on any atom is -0.508 e. The molecule has 7 N–H and O–H groups in total. The number of phenols is 1. The molecule has 13 heteroatoms. The lowest BCUT2D eigenvalue weighted by Crippen LogP contribution is -2.70. The monoisotopic (exact) mass is 545 g/mol. The Hall–Kier alpha value is -3.81. The molecule has 3 aliphatic carbocycles. The van der Waals surface area contributed by atoms with Gasteiger partial charge in [0.25, 0.3) is 11.6 Å². The van der Waals surface area contributed by atoms with Crippen LogP contribution in [-0.4, -0.2) is 84.7 Å². The van der Waals surface area contributed by atoms with E-state index in [4.69, 9.17) is 5.73 Å². The predicted molar refractivity (Wildman–Crippen MR) is 136 cm³/mol. The maximum Gasteiger partial charge on any atom is 0.274 e. The molecule has 39 heavy (non-hydrogen) atoms. The number of nitro benzene ring substituents is 1. The maximum atomic E-state index is 14.0. The van der Waals surface area contributed by atoms with Gasteiger partial charge in [0.15, 0.2) is 11.4 Å². The SMILES string of the molecule is C[C@H]1c2c([N+](=O)[O-])cc(C(C)(C)C)c(O)c2C(O)=C2C(=O)[C@]3(O)C(O)=C(C(N)=O)C(=O)[C@H](N(C)C)[C@@H]3[C@@H](O)[C@@H]21. The lowest BCUT2D eigenvalue weighted by molar-refractivity contribution is -0.386. The number of ketones is 2. The number of phenolic OH excluding ortho intramolecular Hbond substituents is 1. The molecule has 0 bridgehead atoms. The summed E-state index contributed by atoms with van der Waals surface area (Å²) in [5.41, 5.74) is -1.16. The molecule has 1 aromatic rings. The Kier molecular flexibility index (Phi) is 6.22. The number of benzene rings is 1. The van der Waals surface area contributed by atoms with E-state index >= 15 is 0 Å². The summed E-state index contributed by atoms with van der Waals surface area (Å²) < 4.78 is 0. The molecule has 1 fully saturated rings. The molecule has 0 saturated heterocycles. The summed E-state index contributed by atoms with van der Waals surface area (Å²) in [4.78, 5) is 52.0. The van der Waals surface area contributed by atoms with E-state index in [-0.39, 0.29) is 11.1 Å². The smallest absolute Gasteiger partial charge is 0.274 e. The summed E-state index contributed by atoms with van der Waals surface area (Å²) in [7, 11) is 2.78. The summed E-state index contributed by atoms with van der Waals surface area (Å²) in [6, 6.07) is -0.340. The fourth-order valence-corrected chi connectivity index (χ4v) is 6.46. The molecule has 0 spiro atoms. The standard InChI is InChI=1S/C26H31N3O10/c1-8-11-10(29(38)39)7-9(25(2,3)4)18(30)13(11)19(31)14-12(8)20(32)16-17(28(5)6)21(33)15(24(27)36)23(35)26(16,37)22(14)34/h7-8,12,16-17,20,30-32,35,37H,1-6H3,(H2,27,36)/t8-,12+,16+,17+,20-,26-/m0/s1. The van der Waals surface area contributed by atoms with E-state index in [0.717, 1.165) is 0 Å². The Morgan fingerprint density at radius 1 is 1.18 bits per heavy atom. The third-order valence-corrected chi connectivity index (χ3v) is 8.21. The van der Waals surface area contributed by atoms with Gasteiger partial charge in [-0.1, -0.05) is 27.7 Å². The van der Waals surface area contributed by atoms with E-state index in [2.05, 4.69) is 0 Å². The van der Waals surface area contributed by atoms with Crippen LogP contribution < -0.4 is 5.73 Å². The first kappa shape index (κ1) is 28.2. The first-order valence-electron chi connectivity index (χ1n) is 12.2. The highest BCUT2D eigenvalue weighted by molar-refractivity contribution is 6.24. The summed E-state index contributed by atoms with van der Waals surface area (Å²) in [6.45, 7) is 6.47. The van der Waals surface area contributed by atoms with Gasteiger partial charge in [0.05, 0.1) is 28.6 Å². The number of nitro groups is 1. The minimum absolute atomic E-state index is 0.0980. The summed E-state index contributed by atoms with van der Waals surface area (Å²) >= 11 is 0. The maximum absolute atomic E-state index is 14.0. The molecular formula is C26H31N3O10. The topological polar surface area (TPSA) is 225 Å². The second-order valence-electron chi connectivity index (χ2n) is 11.6. The van der Waals surface area contributed by atoms with Crippen LogP contribution in [0.15, 0.2) is 23.0 Å². The van der Waals surface area contributed by atoms with Gasteiger partial charge in [-0.05, 0) is 25.4 Å². The molecule has 0 radical (unpaired) electrons. The number of nitrogens with zero attached hydrogens (tertiary/aromatic N) is 2. The predicted octanol–water partition coefficient (Wildman–Crippen LogP) is 0.702. The van der Waals surface area contributed by atoms with E-state index in [0.29, 0.717) is 0 Å². The van der Waals surface area contributed by atoms with Crippen LogP contribution in [0.1, 0.15) is 50.3 Å². The van der Waals surface area contributed by atoms with Crippen molar-refractivity contribution in [2.24, 2.45) is 17.6 Å². The van der Waals surface area contributed by atoms with Crippen molar-refractivity contribution in [3.05, 3.63) is 49.8 Å². The molecule has 0 aliphatic heterocycles. The number of carbonyl (C=O) groups excluding carboxylic acids is 3. The van der Waals surface area contributed by atoms with Crippen molar-refractivity contribution in [2.75, 3.05) is 14.1 Å². The van der Waals surface area contributed by atoms with Crippen LogP contribution in [0.25, 0.3) is 5.76 Å². The molecule has 0 aromatic heterocycles. The molecule has 0 unspecified atom stereocenters. The van der Waals surface area contributed by atoms with E-state index < -0.39 is 103 Å². The third-order valence-electron chi connectivity index (χ3n) is 8.21. The highest BCUT2D eigenvalue weighted by Crippen LogP contribution is 2.58. The highest BCUT2D eigenvalue weighted by Gasteiger charge is 2.68. The van der Waals surface area contributed by atoms with Crippen molar-refractivity contribution < 1.29 is 44.8 Å². The molecular weight excluding hydrogens is 514 g/mol. The number of fused-ring (bicyclic) bond motifs is 3. The second-order valence-corrected chi connectivity index (χ2v) is 11.6. The fourth-order valence-electron chi connectivity index (χ4n) is 6.46. The van der Waals surface area contributed by atoms with Crippen LogP contribution in [-0.2, 0) is 19.8 Å². The number of carbonyl (C=O) groups is 3. The molecule has 4 rings (SSSR count).